The van der Waals surface area contributed by atoms with Gasteiger partial charge in [0.2, 0.25) is 0 Å². The fourth-order valence-electron chi connectivity index (χ4n) is 2.31. The largest absolute Gasteiger partial charge is 0.388 e. The van der Waals surface area contributed by atoms with Crippen LogP contribution in [0.5, 0.6) is 0 Å². The number of H-pyrrole nitrogens is 1. The van der Waals surface area contributed by atoms with Gasteiger partial charge < -0.3 is 15.2 Å². The Morgan fingerprint density at radius 3 is 2.68 bits per heavy atom. The zero-order valence-electron chi connectivity index (χ0n) is 11.9. The van der Waals surface area contributed by atoms with E-state index < -0.39 is 0 Å². The highest BCUT2D eigenvalue weighted by atomic mass is 16.1. The summed E-state index contributed by atoms with van der Waals surface area (Å²) in [5.41, 5.74) is 2.84. The van der Waals surface area contributed by atoms with Gasteiger partial charge in [-0.15, -0.1) is 0 Å². The zero-order valence-corrected chi connectivity index (χ0v) is 11.9. The van der Waals surface area contributed by atoms with Crippen LogP contribution in [-0.2, 0) is 6.54 Å². The summed E-state index contributed by atoms with van der Waals surface area (Å²) in [6.07, 6.45) is 0. The van der Waals surface area contributed by atoms with E-state index in [1.807, 2.05) is 29.8 Å². The van der Waals surface area contributed by atoms with Crippen molar-refractivity contribution in [3.05, 3.63) is 28.7 Å². The summed E-state index contributed by atoms with van der Waals surface area (Å²) in [6, 6.07) is 5.92. The van der Waals surface area contributed by atoms with Gasteiger partial charge in [-0.2, -0.15) is 0 Å². The molecule has 5 heteroatoms. The second-order valence-electron chi connectivity index (χ2n) is 4.59. The molecule has 0 saturated heterocycles. The van der Waals surface area contributed by atoms with Gasteiger partial charge >= 0.3 is 5.69 Å². The molecular formula is C14H22N4O. The van der Waals surface area contributed by atoms with Gasteiger partial charge in [-0.1, -0.05) is 13.8 Å². The van der Waals surface area contributed by atoms with Gasteiger partial charge in [-0.05, 0) is 31.3 Å². The Balaban J connectivity index is 2.31. The van der Waals surface area contributed by atoms with Crippen molar-refractivity contribution in [1.29, 1.82) is 0 Å². The first kappa shape index (κ1) is 13.7. The first-order valence-corrected chi connectivity index (χ1v) is 6.82. The van der Waals surface area contributed by atoms with E-state index in [4.69, 9.17) is 0 Å². The van der Waals surface area contributed by atoms with Crippen LogP contribution in [-0.4, -0.2) is 41.1 Å². The van der Waals surface area contributed by atoms with Crippen LogP contribution < -0.4 is 11.0 Å². The minimum Gasteiger partial charge on any atom is -0.388 e. The molecular weight excluding hydrogens is 240 g/mol. The third-order valence-corrected chi connectivity index (χ3v) is 3.60. The van der Waals surface area contributed by atoms with Gasteiger partial charge in [0.05, 0.1) is 11.0 Å². The predicted molar refractivity (Wildman–Crippen MR) is 79.9 cm³/mol. The van der Waals surface area contributed by atoms with Crippen LogP contribution in [0.4, 0.5) is 5.69 Å². The molecule has 2 rings (SSSR count). The van der Waals surface area contributed by atoms with Crippen molar-refractivity contribution in [1.82, 2.24) is 14.5 Å². The maximum atomic E-state index is 12.0. The molecule has 2 N–H and O–H groups in total. The zero-order chi connectivity index (χ0) is 13.8. The Morgan fingerprint density at radius 1 is 1.32 bits per heavy atom. The van der Waals surface area contributed by atoms with Crippen LogP contribution in [0.25, 0.3) is 11.0 Å². The number of nitrogens with zero attached hydrogens (tertiary/aromatic N) is 2. The maximum Gasteiger partial charge on any atom is 0.326 e. The average molecular weight is 262 g/mol. The molecule has 2 aromatic rings. The Hall–Kier alpha value is -1.75. The Kier molecular flexibility index (Phi) is 4.27. The maximum absolute atomic E-state index is 12.0. The highest BCUT2D eigenvalue weighted by molar-refractivity contribution is 5.79. The van der Waals surface area contributed by atoms with Gasteiger partial charge in [0.1, 0.15) is 0 Å². The van der Waals surface area contributed by atoms with Crippen molar-refractivity contribution in [3.8, 4) is 0 Å². The summed E-state index contributed by atoms with van der Waals surface area (Å²) < 4.78 is 1.81. The molecule has 0 aliphatic rings. The molecule has 0 radical (unpaired) electrons. The normalized spacial score (nSPS) is 11.4. The van der Waals surface area contributed by atoms with E-state index in [0.29, 0.717) is 6.54 Å². The molecule has 0 amide bonds. The SMILES string of the molecule is CCN(CC)CCn1c(=O)[nH]c2ccc(NC)cc21. The van der Waals surface area contributed by atoms with E-state index in [9.17, 15) is 4.79 Å². The van der Waals surface area contributed by atoms with Gasteiger partial charge in [-0.25, -0.2) is 4.79 Å². The molecule has 19 heavy (non-hydrogen) atoms. The van der Waals surface area contributed by atoms with E-state index in [0.717, 1.165) is 36.4 Å². The summed E-state index contributed by atoms with van der Waals surface area (Å²) in [5, 5.41) is 3.10. The standard InChI is InChI=1S/C14H22N4O/c1-4-17(5-2)8-9-18-13-10-11(15-3)6-7-12(13)16-14(18)19/h6-7,10,15H,4-5,8-9H2,1-3H3,(H,16,19). The Morgan fingerprint density at radius 2 is 2.05 bits per heavy atom. The monoisotopic (exact) mass is 262 g/mol. The smallest absolute Gasteiger partial charge is 0.326 e. The predicted octanol–water partition coefficient (Wildman–Crippen LogP) is 1.71. The van der Waals surface area contributed by atoms with Crippen molar-refractivity contribution in [2.24, 2.45) is 0 Å². The second-order valence-corrected chi connectivity index (χ2v) is 4.59. The highest BCUT2D eigenvalue weighted by Gasteiger charge is 2.08. The minimum atomic E-state index is -0.0320. The number of fused-ring (bicyclic) bond motifs is 1. The summed E-state index contributed by atoms with van der Waals surface area (Å²) in [5.74, 6) is 0. The minimum absolute atomic E-state index is 0.0320. The van der Waals surface area contributed by atoms with Crippen LogP contribution >= 0.6 is 0 Å². The van der Waals surface area contributed by atoms with Gasteiger partial charge in [0.25, 0.3) is 0 Å². The van der Waals surface area contributed by atoms with Crippen molar-refractivity contribution in [2.75, 3.05) is 32.0 Å². The molecule has 1 aromatic heterocycles. The van der Waals surface area contributed by atoms with Crippen molar-refractivity contribution < 1.29 is 0 Å². The van der Waals surface area contributed by atoms with Crippen LogP contribution in [0.15, 0.2) is 23.0 Å². The third kappa shape index (κ3) is 2.81. The van der Waals surface area contributed by atoms with Crippen LogP contribution in [0.2, 0.25) is 0 Å². The number of rotatable bonds is 6. The molecule has 5 nitrogen and oxygen atoms in total. The molecule has 0 bridgehead atoms. The number of hydrogen-bond donors (Lipinski definition) is 2. The summed E-state index contributed by atoms with van der Waals surface area (Å²) >= 11 is 0. The number of aromatic amines is 1. The molecule has 1 heterocycles. The molecule has 0 atom stereocenters. The number of nitrogens with one attached hydrogen (secondary N) is 2. The van der Waals surface area contributed by atoms with E-state index in [-0.39, 0.29) is 5.69 Å². The number of likely N-dealkylation sites (N-methyl/N-ethyl adjacent to an activating group) is 1. The average Bonchev–Trinajstić information content (AvgIpc) is 2.75. The lowest BCUT2D eigenvalue weighted by molar-refractivity contribution is 0.291. The van der Waals surface area contributed by atoms with Gasteiger partial charge in [0.15, 0.2) is 0 Å². The number of anilines is 1. The van der Waals surface area contributed by atoms with Crippen molar-refractivity contribution in [3.63, 3.8) is 0 Å². The molecule has 0 aliphatic heterocycles. The lowest BCUT2D eigenvalue weighted by Gasteiger charge is -2.18. The number of benzene rings is 1. The third-order valence-electron chi connectivity index (χ3n) is 3.60. The lowest BCUT2D eigenvalue weighted by atomic mass is 10.2. The topological polar surface area (TPSA) is 53.1 Å². The second kappa shape index (κ2) is 5.93. The first-order valence-electron chi connectivity index (χ1n) is 6.82. The first-order chi connectivity index (χ1) is 9.19. The van der Waals surface area contributed by atoms with Gasteiger partial charge in [0, 0.05) is 25.8 Å². The number of aromatic nitrogens is 2. The molecule has 0 aliphatic carbocycles. The molecule has 0 fully saturated rings. The summed E-state index contributed by atoms with van der Waals surface area (Å²) in [4.78, 5) is 17.2. The molecule has 104 valence electrons. The Labute approximate surface area is 113 Å². The summed E-state index contributed by atoms with van der Waals surface area (Å²) in [6.45, 7) is 7.91. The van der Waals surface area contributed by atoms with Crippen molar-refractivity contribution >= 4 is 16.7 Å². The Bertz CT molecular complexity index is 595. The van der Waals surface area contributed by atoms with Crippen LogP contribution in [0.3, 0.4) is 0 Å². The van der Waals surface area contributed by atoms with Crippen LogP contribution in [0, 0.1) is 0 Å². The van der Waals surface area contributed by atoms with E-state index >= 15 is 0 Å². The van der Waals surface area contributed by atoms with E-state index in [2.05, 4.69) is 29.0 Å². The fourth-order valence-corrected chi connectivity index (χ4v) is 2.31. The summed E-state index contributed by atoms with van der Waals surface area (Å²) in [7, 11) is 1.88. The van der Waals surface area contributed by atoms with E-state index in [1.165, 1.54) is 0 Å². The fraction of sp³-hybridized carbons (Fsp3) is 0.500. The molecule has 0 saturated carbocycles. The molecule has 0 unspecified atom stereocenters. The molecule has 1 aromatic carbocycles. The molecule has 0 spiro atoms. The lowest BCUT2D eigenvalue weighted by Crippen LogP contribution is -2.30. The van der Waals surface area contributed by atoms with E-state index in [1.54, 1.807) is 0 Å². The number of hydrogen-bond acceptors (Lipinski definition) is 3. The van der Waals surface area contributed by atoms with Crippen molar-refractivity contribution in [2.45, 2.75) is 20.4 Å². The highest BCUT2D eigenvalue weighted by Crippen LogP contribution is 2.16. The quantitative estimate of drug-likeness (QED) is 0.833. The van der Waals surface area contributed by atoms with Crippen LogP contribution in [0.1, 0.15) is 13.8 Å². The van der Waals surface area contributed by atoms with Gasteiger partial charge in [-0.3, -0.25) is 4.57 Å². The number of imidazole rings is 1.